The Morgan fingerprint density at radius 3 is 1.48 bits per heavy atom. The molecule has 0 saturated carbocycles. The summed E-state index contributed by atoms with van der Waals surface area (Å²) < 4.78 is 103. The Morgan fingerprint density at radius 1 is 0.897 bits per heavy atom. The Balaban J connectivity index is -0.000000515. The van der Waals surface area contributed by atoms with Gasteiger partial charge in [-0.05, 0) is 31.4 Å². The molecule has 0 saturated heterocycles. The summed E-state index contributed by atoms with van der Waals surface area (Å²) in [5.74, 6) is -0.374. The lowest BCUT2D eigenvalue weighted by Crippen LogP contribution is -2.48. The molecular formula is C17H32F6O4S2. The van der Waals surface area contributed by atoms with E-state index in [4.69, 9.17) is 4.55 Å². The average molecular weight is 479 g/mol. The second-order valence-electron chi connectivity index (χ2n) is 7.43. The molecule has 0 rings (SSSR count). The number of carbonyl (C=O) groups excluding carboxylic acids is 1. The Kier molecular flexibility index (Phi) is 14.9. The van der Waals surface area contributed by atoms with Gasteiger partial charge in [0.05, 0.1) is 5.75 Å². The van der Waals surface area contributed by atoms with Crippen LogP contribution in [0.2, 0.25) is 0 Å². The lowest BCUT2D eigenvalue weighted by atomic mass is 9.86. The van der Waals surface area contributed by atoms with Crippen LogP contribution in [0.5, 0.6) is 0 Å². The largest absolute Gasteiger partial charge is 0.402 e. The van der Waals surface area contributed by atoms with Crippen molar-refractivity contribution in [2.75, 3.05) is 17.3 Å². The van der Waals surface area contributed by atoms with Crippen LogP contribution in [-0.4, -0.2) is 48.4 Å². The standard InChI is InChI=1S/C10H14F6OS.C5H12O3S.C2H6/c1-7(17)3-5-18-6-4-8(2,9(11,12)13)10(14,15)16;1-5(2,3)4-9(6,7)8;1-2/h3-6H2,1-2H3;4H2,1-3H3,(H,6,7,8);1-2H3. The Labute approximate surface area is 173 Å². The van der Waals surface area contributed by atoms with Gasteiger partial charge in [-0.25, -0.2) is 0 Å². The van der Waals surface area contributed by atoms with Crippen molar-refractivity contribution in [2.24, 2.45) is 10.8 Å². The topological polar surface area (TPSA) is 71.4 Å². The first-order valence-electron chi connectivity index (χ1n) is 8.78. The van der Waals surface area contributed by atoms with Gasteiger partial charge in [0.25, 0.3) is 10.1 Å². The molecule has 0 atom stereocenters. The highest BCUT2D eigenvalue weighted by atomic mass is 32.2. The van der Waals surface area contributed by atoms with Crippen molar-refractivity contribution in [2.45, 2.75) is 73.7 Å². The van der Waals surface area contributed by atoms with Gasteiger partial charge >= 0.3 is 12.4 Å². The highest BCUT2D eigenvalue weighted by Gasteiger charge is 2.66. The molecule has 0 aromatic carbocycles. The molecule has 0 amide bonds. The summed E-state index contributed by atoms with van der Waals surface area (Å²) in [6.07, 6.45) is -11.5. The van der Waals surface area contributed by atoms with Crippen LogP contribution in [0.4, 0.5) is 26.3 Å². The highest BCUT2D eigenvalue weighted by molar-refractivity contribution is 7.99. The number of ketones is 1. The molecule has 0 spiro atoms. The number of rotatable bonds is 7. The molecule has 178 valence electrons. The zero-order valence-electron chi connectivity index (χ0n) is 17.8. The molecule has 0 heterocycles. The number of thioether (sulfide) groups is 1. The van der Waals surface area contributed by atoms with Gasteiger partial charge in [0.15, 0.2) is 5.41 Å². The van der Waals surface area contributed by atoms with Gasteiger partial charge in [0, 0.05) is 12.2 Å². The number of halogens is 6. The Morgan fingerprint density at radius 2 is 1.28 bits per heavy atom. The Bertz CT molecular complexity index is 550. The van der Waals surface area contributed by atoms with Gasteiger partial charge in [0.1, 0.15) is 5.78 Å². The van der Waals surface area contributed by atoms with Crippen molar-refractivity contribution >= 4 is 27.7 Å². The van der Waals surface area contributed by atoms with Crippen molar-refractivity contribution in [1.82, 2.24) is 0 Å². The van der Waals surface area contributed by atoms with Crippen molar-refractivity contribution in [3.63, 3.8) is 0 Å². The van der Waals surface area contributed by atoms with E-state index in [0.717, 1.165) is 11.8 Å². The van der Waals surface area contributed by atoms with Gasteiger partial charge in [-0.15, -0.1) is 0 Å². The van der Waals surface area contributed by atoms with Crippen LogP contribution in [0.1, 0.15) is 61.3 Å². The third-order valence-corrected chi connectivity index (χ3v) is 5.43. The number of carbonyl (C=O) groups is 1. The fourth-order valence-electron chi connectivity index (χ4n) is 1.59. The number of alkyl halides is 6. The minimum Gasteiger partial charge on any atom is -0.300 e. The minimum absolute atomic E-state index is 0.142. The van der Waals surface area contributed by atoms with Gasteiger partial charge in [-0.3, -0.25) is 9.35 Å². The average Bonchev–Trinajstić information content (AvgIpc) is 2.42. The molecule has 0 aromatic heterocycles. The smallest absolute Gasteiger partial charge is 0.300 e. The normalized spacial score (nSPS) is 13.0. The fraction of sp³-hybridized carbons (Fsp3) is 0.941. The summed E-state index contributed by atoms with van der Waals surface area (Å²) >= 11 is 0.920. The summed E-state index contributed by atoms with van der Waals surface area (Å²) in [5, 5.41) is 0. The number of hydrogen-bond donors (Lipinski definition) is 1. The molecular weight excluding hydrogens is 446 g/mol. The maximum Gasteiger partial charge on any atom is 0.402 e. The van der Waals surface area contributed by atoms with E-state index in [2.05, 4.69) is 0 Å². The van der Waals surface area contributed by atoms with Crippen LogP contribution in [0.25, 0.3) is 0 Å². The zero-order chi connectivity index (χ0) is 24.3. The first kappa shape index (κ1) is 33.2. The van der Waals surface area contributed by atoms with E-state index >= 15 is 0 Å². The molecule has 0 unspecified atom stereocenters. The second-order valence-corrected chi connectivity index (χ2v) is 10.1. The molecule has 0 fully saturated rings. The molecule has 0 aromatic rings. The zero-order valence-corrected chi connectivity index (χ0v) is 19.4. The van der Waals surface area contributed by atoms with E-state index in [1.807, 2.05) is 13.8 Å². The monoisotopic (exact) mass is 478 g/mol. The minimum atomic E-state index is -5.33. The van der Waals surface area contributed by atoms with E-state index in [1.165, 1.54) is 6.92 Å². The summed E-state index contributed by atoms with van der Waals surface area (Å²) in [7, 11) is -3.78. The molecule has 0 aliphatic heterocycles. The molecule has 0 bridgehead atoms. The predicted octanol–water partition coefficient (Wildman–Crippen LogP) is 6.17. The molecule has 29 heavy (non-hydrogen) atoms. The van der Waals surface area contributed by atoms with E-state index < -0.39 is 34.3 Å². The van der Waals surface area contributed by atoms with Crippen molar-refractivity contribution in [1.29, 1.82) is 0 Å². The molecule has 1 N–H and O–H groups in total. The Hall–Kier alpha value is -0.490. The van der Waals surface area contributed by atoms with Crippen LogP contribution < -0.4 is 0 Å². The first-order valence-corrected chi connectivity index (χ1v) is 11.5. The summed E-state index contributed by atoms with van der Waals surface area (Å²) in [6, 6.07) is 0. The molecule has 0 aliphatic carbocycles. The lowest BCUT2D eigenvalue weighted by Gasteiger charge is -2.33. The second kappa shape index (κ2) is 13.0. The van der Waals surface area contributed by atoms with E-state index in [1.54, 1.807) is 20.8 Å². The summed E-state index contributed by atoms with van der Waals surface area (Å²) in [4.78, 5) is 10.5. The maximum atomic E-state index is 12.5. The quantitative estimate of drug-likeness (QED) is 0.269. The van der Waals surface area contributed by atoms with Crippen molar-refractivity contribution in [3.8, 4) is 0 Å². The predicted molar refractivity (Wildman–Crippen MR) is 105 cm³/mol. The molecule has 12 heteroatoms. The number of Topliss-reactive ketones (excluding diaryl/α,β-unsaturated/α-hetero) is 1. The van der Waals surface area contributed by atoms with Crippen LogP contribution in [0.3, 0.4) is 0 Å². The molecule has 0 radical (unpaired) electrons. The van der Waals surface area contributed by atoms with Gasteiger partial charge in [0.2, 0.25) is 0 Å². The van der Waals surface area contributed by atoms with Gasteiger partial charge < -0.3 is 0 Å². The van der Waals surface area contributed by atoms with E-state index in [0.29, 0.717) is 0 Å². The van der Waals surface area contributed by atoms with Crippen LogP contribution >= 0.6 is 11.8 Å². The van der Waals surface area contributed by atoms with Crippen LogP contribution in [0.15, 0.2) is 0 Å². The lowest BCUT2D eigenvalue weighted by molar-refractivity contribution is -0.334. The van der Waals surface area contributed by atoms with Gasteiger partial charge in [-0.1, -0.05) is 34.6 Å². The summed E-state index contributed by atoms with van der Waals surface area (Å²) in [6.45, 7) is 10.7. The van der Waals surface area contributed by atoms with E-state index in [9.17, 15) is 39.6 Å². The number of hydrogen-bond acceptors (Lipinski definition) is 4. The van der Waals surface area contributed by atoms with Crippen LogP contribution in [0, 0.1) is 10.8 Å². The van der Waals surface area contributed by atoms with Crippen LogP contribution in [-0.2, 0) is 14.9 Å². The fourth-order valence-corrected chi connectivity index (χ4v) is 3.87. The molecule has 0 aliphatic rings. The first-order chi connectivity index (χ1) is 12.6. The van der Waals surface area contributed by atoms with E-state index in [-0.39, 0.29) is 41.8 Å². The third kappa shape index (κ3) is 16.9. The highest BCUT2D eigenvalue weighted by Crippen LogP contribution is 2.52. The molecule has 4 nitrogen and oxygen atoms in total. The van der Waals surface area contributed by atoms with Crippen molar-refractivity contribution < 1.29 is 44.1 Å². The maximum absolute atomic E-state index is 12.5. The SMILES string of the molecule is CC.CC(=O)CCSCCC(C)(C(F)(F)F)C(F)(F)F.CC(C)(C)CS(=O)(=O)O. The van der Waals surface area contributed by atoms with Crippen molar-refractivity contribution in [3.05, 3.63) is 0 Å². The van der Waals surface area contributed by atoms with Gasteiger partial charge in [-0.2, -0.15) is 46.5 Å². The third-order valence-electron chi connectivity index (χ3n) is 3.21. The summed E-state index contributed by atoms with van der Waals surface area (Å²) in [5.41, 5.74) is -4.04.